The maximum Gasteiger partial charge on any atom is 0.431 e. The SMILES string of the molecule is CN(C)/N=C(\C[C@](CF)(N[S+]([O-])C(C)(C)C)c1cccc(Br)c1)C(F)(F)F. The van der Waals surface area contributed by atoms with Crippen LogP contribution in [0, 0.1) is 0 Å². The Bertz CT molecular complexity index is 664. The second kappa shape index (κ2) is 9.11. The summed E-state index contributed by atoms with van der Waals surface area (Å²) < 4.78 is 69.9. The molecule has 0 radical (unpaired) electrons. The lowest BCUT2D eigenvalue weighted by atomic mass is 9.86. The molecule has 1 N–H and O–H groups in total. The van der Waals surface area contributed by atoms with E-state index in [1.165, 1.54) is 26.2 Å². The van der Waals surface area contributed by atoms with Gasteiger partial charge in [0.1, 0.15) is 22.7 Å². The molecule has 4 nitrogen and oxygen atoms in total. The lowest BCUT2D eigenvalue weighted by Crippen LogP contribution is -2.54. The predicted molar refractivity (Wildman–Crippen MR) is 105 cm³/mol. The van der Waals surface area contributed by atoms with Crippen LogP contribution in [0.4, 0.5) is 17.6 Å². The summed E-state index contributed by atoms with van der Waals surface area (Å²) in [5, 5.41) is 4.51. The van der Waals surface area contributed by atoms with Gasteiger partial charge in [0.25, 0.3) is 0 Å². The average Bonchev–Trinajstić information content (AvgIpc) is 2.51. The van der Waals surface area contributed by atoms with E-state index in [0.29, 0.717) is 4.47 Å². The number of hydrazone groups is 1. The molecular weight excluding hydrogens is 450 g/mol. The van der Waals surface area contributed by atoms with E-state index in [2.05, 4.69) is 25.8 Å². The molecule has 0 saturated carbocycles. The lowest BCUT2D eigenvalue weighted by molar-refractivity contribution is -0.0630. The minimum absolute atomic E-state index is 0.243. The molecule has 0 bridgehead atoms. The van der Waals surface area contributed by atoms with E-state index in [4.69, 9.17) is 0 Å². The standard InChI is InChI=1S/C17H24BrF4N3OS/c1-15(2,3)27(26)24-16(11-19,12-7-6-8-13(18)9-12)10-14(17(20,21)22)23-25(4)5/h6-9,24H,10-11H2,1-5H3/b23-14+/t16-,27?/m1/s1. The summed E-state index contributed by atoms with van der Waals surface area (Å²) in [6, 6.07) is 6.27. The van der Waals surface area contributed by atoms with Crippen LogP contribution in [0.2, 0.25) is 0 Å². The van der Waals surface area contributed by atoms with Gasteiger partial charge in [0.2, 0.25) is 0 Å². The third-order valence-corrected chi connectivity index (χ3v) is 5.75. The zero-order valence-corrected chi connectivity index (χ0v) is 18.2. The van der Waals surface area contributed by atoms with E-state index in [1.807, 2.05) is 0 Å². The van der Waals surface area contributed by atoms with Crippen molar-refractivity contribution < 1.29 is 22.1 Å². The van der Waals surface area contributed by atoms with E-state index in [-0.39, 0.29) is 5.56 Å². The Hall–Kier alpha value is -0.840. The molecule has 1 rings (SSSR count). The topological polar surface area (TPSA) is 50.7 Å². The van der Waals surface area contributed by atoms with Crippen molar-refractivity contribution in [2.45, 2.75) is 43.7 Å². The molecule has 0 fully saturated rings. The molecule has 0 amide bonds. The van der Waals surface area contributed by atoms with Crippen LogP contribution in [0.1, 0.15) is 32.8 Å². The Morgan fingerprint density at radius 2 is 1.85 bits per heavy atom. The van der Waals surface area contributed by atoms with Crippen LogP contribution >= 0.6 is 15.9 Å². The molecule has 10 heteroatoms. The highest BCUT2D eigenvalue weighted by atomic mass is 79.9. The van der Waals surface area contributed by atoms with Crippen LogP contribution in [0.5, 0.6) is 0 Å². The first kappa shape index (κ1) is 24.2. The van der Waals surface area contributed by atoms with E-state index in [1.54, 1.807) is 32.9 Å². The van der Waals surface area contributed by atoms with Gasteiger partial charge in [-0.2, -0.15) is 18.3 Å². The highest BCUT2D eigenvalue weighted by Gasteiger charge is 2.47. The monoisotopic (exact) mass is 473 g/mol. The fourth-order valence-corrected chi connectivity index (χ4v) is 3.49. The number of hydrogen-bond acceptors (Lipinski definition) is 4. The molecule has 27 heavy (non-hydrogen) atoms. The maximum atomic E-state index is 14.3. The fraction of sp³-hybridized carbons (Fsp3) is 0.588. The number of hydrogen-bond donors (Lipinski definition) is 1. The molecule has 0 spiro atoms. The normalized spacial score (nSPS) is 16.8. The van der Waals surface area contributed by atoms with Crippen LogP contribution in [0.3, 0.4) is 0 Å². The fourth-order valence-electron chi connectivity index (χ4n) is 2.18. The second-order valence-electron chi connectivity index (χ2n) is 7.28. The Balaban J connectivity index is 3.52. The molecule has 0 aromatic heterocycles. The number of halogens is 5. The zero-order chi connectivity index (χ0) is 21.0. The summed E-state index contributed by atoms with van der Waals surface area (Å²) in [5.74, 6) is 0. The minimum atomic E-state index is -4.76. The van der Waals surface area contributed by atoms with Crippen molar-refractivity contribution in [1.29, 1.82) is 0 Å². The molecule has 154 valence electrons. The van der Waals surface area contributed by atoms with Gasteiger partial charge in [-0.05, 0) is 38.5 Å². The van der Waals surface area contributed by atoms with E-state index >= 15 is 0 Å². The van der Waals surface area contributed by atoms with Gasteiger partial charge in [-0.3, -0.25) is 0 Å². The number of alkyl halides is 4. The van der Waals surface area contributed by atoms with E-state index < -0.39 is 46.6 Å². The van der Waals surface area contributed by atoms with Crippen LogP contribution in [-0.2, 0) is 16.9 Å². The third kappa shape index (κ3) is 6.92. The Labute approximate surface area is 168 Å². The van der Waals surface area contributed by atoms with Crippen molar-refractivity contribution in [1.82, 2.24) is 9.73 Å². The first-order valence-corrected chi connectivity index (χ1v) is 9.99. The molecule has 1 aromatic carbocycles. The number of nitrogens with one attached hydrogen (secondary N) is 1. The Kier molecular flexibility index (Phi) is 8.16. The van der Waals surface area contributed by atoms with Gasteiger partial charge in [0.05, 0.1) is 0 Å². The van der Waals surface area contributed by atoms with Crippen LogP contribution in [0.15, 0.2) is 33.8 Å². The van der Waals surface area contributed by atoms with Crippen molar-refractivity contribution >= 4 is 33.0 Å². The largest absolute Gasteiger partial charge is 0.598 e. The third-order valence-electron chi connectivity index (χ3n) is 3.57. The Morgan fingerprint density at radius 3 is 2.26 bits per heavy atom. The number of benzene rings is 1. The van der Waals surface area contributed by atoms with Crippen LogP contribution in [0.25, 0.3) is 0 Å². The molecule has 1 aromatic rings. The predicted octanol–water partition coefficient (Wildman–Crippen LogP) is 4.54. The highest BCUT2D eigenvalue weighted by molar-refractivity contribution is 9.10. The summed E-state index contributed by atoms with van der Waals surface area (Å²) in [5.41, 5.74) is -2.78. The zero-order valence-electron chi connectivity index (χ0n) is 15.8. The molecule has 0 aliphatic heterocycles. The minimum Gasteiger partial charge on any atom is -0.598 e. The van der Waals surface area contributed by atoms with E-state index in [0.717, 1.165) is 5.01 Å². The van der Waals surface area contributed by atoms with Gasteiger partial charge < -0.3 is 9.56 Å². The lowest BCUT2D eigenvalue weighted by Gasteiger charge is -2.36. The van der Waals surface area contributed by atoms with Gasteiger partial charge in [-0.15, -0.1) is 4.72 Å². The van der Waals surface area contributed by atoms with Crippen LogP contribution in [-0.4, -0.2) is 47.0 Å². The van der Waals surface area contributed by atoms with E-state index in [9.17, 15) is 22.1 Å². The molecule has 0 saturated heterocycles. The number of rotatable bonds is 7. The molecule has 1 unspecified atom stereocenters. The van der Waals surface area contributed by atoms with Crippen molar-refractivity contribution in [2.24, 2.45) is 5.10 Å². The summed E-state index contributed by atoms with van der Waals surface area (Å²) in [6.07, 6.45) is -5.58. The molecular formula is C17H24BrF4N3OS. The van der Waals surface area contributed by atoms with Gasteiger partial charge in [0, 0.05) is 36.4 Å². The van der Waals surface area contributed by atoms with Gasteiger partial charge in [-0.25, -0.2) is 4.39 Å². The van der Waals surface area contributed by atoms with Crippen LogP contribution < -0.4 is 4.72 Å². The summed E-state index contributed by atoms with van der Waals surface area (Å²) in [7, 11) is 2.70. The molecule has 2 atom stereocenters. The van der Waals surface area contributed by atoms with Gasteiger partial charge in [-0.1, -0.05) is 28.1 Å². The summed E-state index contributed by atoms with van der Waals surface area (Å²) >= 11 is 1.44. The second-order valence-corrected chi connectivity index (χ2v) is 10.2. The van der Waals surface area contributed by atoms with Crippen molar-refractivity contribution in [2.75, 3.05) is 20.8 Å². The van der Waals surface area contributed by atoms with Crippen molar-refractivity contribution in [3.8, 4) is 0 Å². The highest BCUT2D eigenvalue weighted by Crippen LogP contribution is 2.35. The molecule has 0 heterocycles. The quantitative estimate of drug-likeness (QED) is 0.273. The average molecular weight is 474 g/mol. The maximum absolute atomic E-state index is 14.3. The smallest absolute Gasteiger partial charge is 0.431 e. The first-order valence-electron chi connectivity index (χ1n) is 8.05. The summed E-state index contributed by atoms with van der Waals surface area (Å²) in [4.78, 5) is 0. The Morgan fingerprint density at radius 1 is 1.26 bits per heavy atom. The van der Waals surface area contributed by atoms with Crippen molar-refractivity contribution in [3.63, 3.8) is 0 Å². The molecule has 0 aliphatic rings. The van der Waals surface area contributed by atoms with Gasteiger partial charge >= 0.3 is 6.18 Å². The van der Waals surface area contributed by atoms with Gasteiger partial charge in [0.15, 0.2) is 0 Å². The first-order chi connectivity index (χ1) is 12.2. The number of nitrogens with zero attached hydrogens (tertiary/aromatic N) is 2. The molecule has 0 aliphatic carbocycles. The van der Waals surface area contributed by atoms with Crippen molar-refractivity contribution in [3.05, 3.63) is 34.3 Å². The summed E-state index contributed by atoms with van der Waals surface area (Å²) in [6.45, 7) is 3.75.